The molecule has 1 saturated carbocycles. The van der Waals surface area contributed by atoms with Gasteiger partial charge in [-0.05, 0) is 19.9 Å². The number of piperidine rings is 1. The zero-order valence-corrected chi connectivity index (χ0v) is 12.7. The zero-order chi connectivity index (χ0) is 14.3. The molecule has 114 valence electrons. The van der Waals surface area contributed by atoms with E-state index in [0.29, 0.717) is 32.4 Å². The molecule has 1 saturated heterocycles. The maximum atomic E-state index is 12.8. The van der Waals surface area contributed by atoms with E-state index in [9.17, 15) is 14.4 Å². The second-order valence-corrected chi connectivity index (χ2v) is 5.50. The van der Waals surface area contributed by atoms with E-state index in [-0.39, 0.29) is 18.2 Å². The van der Waals surface area contributed by atoms with Crippen molar-refractivity contribution < 1.29 is 23.9 Å². The van der Waals surface area contributed by atoms with Crippen LogP contribution in [0.5, 0.6) is 0 Å². The van der Waals surface area contributed by atoms with Gasteiger partial charge in [0.1, 0.15) is 10.8 Å². The fraction of sp³-hybridized carbons (Fsp3) is 0.769. The van der Waals surface area contributed by atoms with Crippen molar-refractivity contribution in [2.45, 2.75) is 19.3 Å². The van der Waals surface area contributed by atoms with Gasteiger partial charge in [0.25, 0.3) is 0 Å². The summed E-state index contributed by atoms with van der Waals surface area (Å²) in [7, 11) is 4.34. The second kappa shape index (κ2) is 5.69. The maximum Gasteiger partial charge on any atom is 0.320 e. The highest BCUT2D eigenvalue weighted by atomic mass is 35.5. The summed E-state index contributed by atoms with van der Waals surface area (Å²) in [5.41, 5.74) is -2.43. The van der Waals surface area contributed by atoms with Gasteiger partial charge in [0.05, 0.1) is 14.2 Å². The molecule has 2 bridgehead atoms. The quantitative estimate of drug-likeness (QED) is 0.544. The summed E-state index contributed by atoms with van der Waals surface area (Å²) in [4.78, 5) is 38.8. The molecular weight excluding hydrogens is 286 g/mol. The molecule has 2 unspecified atom stereocenters. The van der Waals surface area contributed by atoms with Crippen LogP contribution in [-0.2, 0) is 23.9 Å². The molecule has 7 heteroatoms. The number of rotatable bonds is 2. The zero-order valence-electron chi connectivity index (χ0n) is 11.9. The summed E-state index contributed by atoms with van der Waals surface area (Å²) < 4.78 is 9.61. The molecule has 0 amide bonds. The van der Waals surface area contributed by atoms with Gasteiger partial charge in [0.15, 0.2) is 5.78 Å². The van der Waals surface area contributed by atoms with Crippen LogP contribution in [0.2, 0.25) is 0 Å². The van der Waals surface area contributed by atoms with Crippen molar-refractivity contribution in [3.63, 3.8) is 0 Å². The number of nitrogens with zero attached hydrogens (tertiary/aromatic N) is 1. The minimum absolute atomic E-state index is 0. The number of fused-ring (bicyclic) bond motifs is 2. The third-order valence-electron chi connectivity index (χ3n) is 4.31. The van der Waals surface area contributed by atoms with Crippen LogP contribution in [0.25, 0.3) is 0 Å². The second-order valence-electron chi connectivity index (χ2n) is 5.50. The Morgan fingerprint density at radius 2 is 1.45 bits per heavy atom. The summed E-state index contributed by atoms with van der Waals surface area (Å²) in [6.07, 6.45) is 1.51. The van der Waals surface area contributed by atoms with Crippen molar-refractivity contribution in [3.8, 4) is 0 Å². The number of hydrogen-bond acceptors (Lipinski definition) is 6. The van der Waals surface area contributed by atoms with E-state index in [1.807, 2.05) is 4.90 Å². The number of carbonyl (C=O) groups is 3. The smallest absolute Gasteiger partial charge is 0.320 e. The Hall–Kier alpha value is -1.14. The topological polar surface area (TPSA) is 72.9 Å². The van der Waals surface area contributed by atoms with Crippen LogP contribution < -0.4 is 0 Å². The number of halogens is 1. The van der Waals surface area contributed by atoms with Gasteiger partial charge in [-0.1, -0.05) is 6.42 Å². The van der Waals surface area contributed by atoms with E-state index in [0.717, 1.165) is 0 Å². The number of ether oxygens (including phenoxy) is 2. The first-order chi connectivity index (χ1) is 8.93. The lowest BCUT2D eigenvalue weighted by atomic mass is 9.58. The standard InChI is InChI=1S/C13H19NO5.ClH/c1-14-7-12(10(16)18-2)5-4-6-13(8-14,9(12)15)11(17)19-3;/h4-8H2,1-3H3;1H. The van der Waals surface area contributed by atoms with Crippen molar-refractivity contribution in [1.82, 2.24) is 4.90 Å². The molecule has 1 aliphatic carbocycles. The molecule has 2 rings (SSSR count). The first kappa shape index (κ1) is 16.9. The van der Waals surface area contributed by atoms with Gasteiger partial charge in [-0.15, -0.1) is 12.4 Å². The van der Waals surface area contributed by atoms with E-state index in [2.05, 4.69) is 0 Å². The van der Waals surface area contributed by atoms with Crippen LogP contribution in [0.4, 0.5) is 0 Å². The molecular formula is C13H20ClNO5. The van der Waals surface area contributed by atoms with Crippen LogP contribution in [-0.4, -0.2) is 57.0 Å². The van der Waals surface area contributed by atoms with Crippen molar-refractivity contribution in [2.24, 2.45) is 10.8 Å². The summed E-state index contributed by atoms with van der Waals surface area (Å²) in [5, 5.41) is 0. The largest absolute Gasteiger partial charge is 0.468 e. The van der Waals surface area contributed by atoms with E-state index < -0.39 is 22.8 Å². The molecule has 0 aromatic carbocycles. The van der Waals surface area contributed by atoms with Gasteiger partial charge in [0, 0.05) is 13.1 Å². The lowest BCUT2D eigenvalue weighted by Gasteiger charge is -2.50. The molecule has 2 fully saturated rings. The molecule has 0 N–H and O–H groups in total. The van der Waals surface area contributed by atoms with Crippen LogP contribution in [0, 0.1) is 10.8 Å². The highest BCUT2D eigenvalue weighted by molar-refractivity contribution is 6.16. The molecule has 1 aliphatic heterocycles. The van der Waals surface area contributed by atoms with E-state index in [1.54, 1.807) is 7.05 Å². The Bertz CT molecular complexity index is 404. The molecule has 0 radical (unpaired) electrons. The number of esters is 2. The number of methoxy groups -OCH3 is 2. The fourth-order valence-corrected chi connectivity index (χ4v) is 3.57. The highest BCUT2D eigenvalue weighted by Gasteiger charge is 2.65. The number of carbonyl (C=O) groups excluding carboxylic acids is 3. The predicted molar refractivity (Wildman–Crippen MR) is 72.5 cm³/mol. The molecule has 0 aromatic rings. The first-order valence-corrected chi connectivity index (χ1v) is 6.33. The number of ketones is 1. The third kappa shape index (κ3) is 2.11. The average Bonchev–Trinajstić information content (AvgIpc) is 2.39. The van der Waals surface area contributed by atoms with Crippen LogP contribution in [0.1, 0.15) is 19.3 Å². The Labute approximate surface area is 124 Å². The van der Waals surface area contributed by atoms with Crippen LogP contribution in [0.3, 0.4) is 0 Å². The van der Waals surface area contributed by atoms with Crippen molar-refractivity contribution in [3.05, 3.63) is 0 Å². The predicted octanol–water partition coefficient (Wildman–Crippen LogP) is 0.425. The van der Waals surface area contributed by atoms with Gasteiger partial charge >= 0.3 is 11.9 Å². The summed E-state index contributed by atoms with van der Waals surface area (Å²) in [6.45, 7) is 0.606. The molecule has 1 heterocycles. The minimum atomic E-state index is -1.21. The van der Waals surface area contributed by atoms with Gasteiger partial charge in [0.2, 0.25) is 0 Å². The highest BCUT2D eigenvalue weighted by Crippen LogP contribution is 2.48. The van der Waals surface area contributed by atoms with E-state index >= 15 is 0 Å². The SMILES string of the molecule is COC(=O)C12CCCC(C(=O)OC)(CN(C)C1)C2=O.Cl. The van der Waals surface area contributed by atoms with Crippen LogP contribution >= 0.6 is 12.4 Å². The number of Topliss-reactive ketones (excluding diaryl/α,β-unsaturated/α-hetero) is 1. The third-order valence-corrected chi connectivity index (χ3v) is 4.31. The average molecular weight is 306 g/mol. The fourth-order valence-electron chi connectivity index (χ4n) is 3.57. The molecule has 2 atom stereocenters. The Morgan fingerprint density at radius 1 is 1.05 bits per heavy atom. The number of likely N-dealkylation sites (tertiary alicyclic amines) is 1. The summed E-state index contributed by atoms with van der Waals surface area (Å²) in [6, 6.07) is 0. The lowest BCUT2D eigenvalue weighted by Crippen LogP contribution is -2.66. The Balaban J connectivity index is 0.00000200. The molecule has 0 spiro atoms. The van der Waals surface area contributed by atoms with Crippen molar-refractivity contribution in [1.29, 1.82) is 0 Å². The van der Waals surface area contributed by atoms with E-state index in [1.165, 1.54) is 14.2 Å². The summed E-state index contributed by atoms with van der Waals surface area (Å²) in [5.74, 6) is -1.42. The van der Waals surface area contributed by atoms with Crippen molar-refractivity contribution in [2.75, 3.05) is 34.4 Å². The van der Waals surface area contributed by atoms with Gasteiger partial charge in [-0.3, -0.25) is 14.4 Å². The molecule has 0 aromatic heterocycles. The first-order valence-electron chi connectivity index (χ1n) is 6.33. The number of hydrogen-bond donors (Lipinski definition) is 0. The Morgan fingerprint density at radius 3 is 1.80 bits per heavy atom. The normalized spacial score (nSPS) is 33.0. The van der Waals surface area contributed by atoms with E-state index in [4.69, 9.17) is 9.47 Å². The van der Waals surface area contributed by atoms with Gasteiger partial charge in [-0.25, -0.2) is 0 Å². The monoisotopic (exact) mass is 305 g/mol. The van der Waals surface area contributed by atoms with Gasteiger partial charge in [-0.2, -0.15) is 0 Å². The minimum Gasteiger partial charge on any atom is -0.468 e. The lowest BCUT2D eigenvalue weighted by molar-refractivity contribution is -0.182. The molecule has 6 nitrogen and oxygen atoms in total. The molecule has 2 aliphatic rings. The van der Waals surface area contributed by atoms with Gasteiger partial charge < -0.3 is 14.4 Å². The maximum absolute atomic E-state index is 12.8. The molecule has 20 heavy (non-hydrogen) atoms. The Kier molecular flexibility index (Phi) is 4.82. The summed E-state index contributed by atoms with van der Waals surface area (Å²) >= 11 is 0. The van der Waals surface area contributed by atoms with Crippen molar-refractivity contribution >= 4 is 30.1 Å². The van der Waals surface area contributed by atoms with Crippen LogP contribution in [0.15, 0.2) is 0 Å².